The van der Waals surface area contributed by atoms with Crippen molar-refractivity contribution in [1.29, 1.82) is 0 Å². The molecule has 6 heteroatoms. The molecule has 2 aliphatic carbocycles. The van der Waals surface area contributed by atoms with E-state index in [4.69, 9.17) is 25.5 Å². The van der Waals surface area contributed by atoms with Gasteiger partial charge in [-0.2, -0.15) is 0 Å². The summed E-state index contributed by atoms with van der Waals surface area (Å²) in [5.74, 6) is 0.936. The quantitative estimate of drug-likeness (QED) is 0.243. The second-order valence-corrected chi connectivity index (χ2v) is 17.2. The van der Waals surface area contributed by atoms with E-state index in [0.717, 1.165) is 64.3 Å². The topological polar surface area (TPSA) is 40.6 Å². The number of benzene rings is 2. The van der Waals surface area contributed by atoms with Crippen LogP contribution in [0.5, 0.6) is 5.75 Å². The van der Waals surface area contributed by atoms with Gasteiger partial charge >= 0.3 is 0 Å². The van der Waals surface area contributed by atoms with Gasteiger partial charge in [-0.25, -0.2) is 0 Å². The molecule has 0 radical (unpaired) electrons. The number of para-hydroxylation sites is 1. The van der Waals surface area contributed by atoms with E-state index in [2.05, 4.69) is 75.2 Å². The predicted octanol–water partition coefficient (Wildman–Crippen LogP) is 8.67. The van der Waals surface area contributed by atoms with Crippen molar-refractivity contribution in [1.82, 2.24) is 4.98 Å². The summed E-state index contributed by atoms with van der Waals surface area (Å²) in [6.07, 6.45) is 8.34. The molecule has 0 atom stereocenters. The number of halogens is 1. The Morgan fingerprint density at radius 3 is 2.46 bits per heavy atom. The normalized spacial score (nSPS) is 17.0. The van der Waals surface area contributed by atoms with Gasteiger partial charge in [0.05, 0.1) is 24.9 Å². The highest BCUT2D eigenvalue weighted by Gasteiger charge is 2.48. The number of hydrogen-bond acceptors (Lipinski definition) is 4. The Balaban J connectivity index is 1.34. The molecule has 0 aliphatic heterocycles. The Morgan fingerprint density at radius 2 is 1.76 bits per heavy atom. The molecule has 2 fully saturated rings. The van der Waals surface area contributed by atoms with Crippen molar-refractivity contribution in [2.45, 2.75) is 89.5 Å². The van der Waals surface area contributed by atoms with Crippen molar-refractivity contribution < 1.29 is 13.9 Å². The van der Waals surface area contributed by atoms with Gasteiger partial charge in [0.25, 0.3) is 0 Å². The Hall–Kier alpha value is -2.18. The third kappa shape index (κ3) is 5.96. The molecule has 0 unspecified atom stereocenters. The molecule has 0 N–H and O–H groups in total. The highest BCUT2D eigenvalue weighted by molar-refractivity contribution is 6.74. The second kappa shape index (κ2) is 10.2. The number of pyridine rings is 1. The van der Waals surface area contributed by atoms with E-state index in [1.807, 2.05) is 24.5 Å². The van der Waals surface area contributed by atoms with Crippen LogP contribution >= 0.6 is 11.6 Å². The molecule has 2 aliphatic rings. The van der Waals surface area contributed by atoms with Gasteiger partial charge in [-0.05, 0) is 84.8 Å². The zero-order valence-electron chi connectivity index (χ0n) is 22.6. The summed E-state index contributed by atoms with van der Waals surface area (Å²) in [6, 6.07) is 16.5. The lowest BCUT2D eigenvalue weighted by molar-refractivity contribution is 0.0173. The predicted molar refractivity (Wildman–Crippen MR) is 152 cm³/mol. The molecule has 0 spiro atoms. The van der Waals surface area contributed by atoms with E-state index in [9.17, 15) is 0 Å². The summed E-state index contributed by atoms with van der Waals surface area (Å²) in [6.45, 7) is 12.4. The molecule has 37 heavy (non-hydrogen) atoms. The Labute approximate surface area is 227 Å². The first-order chi connectivity index (χ1) is 17.6. The summed E-state index contributed by atoms with van der Waals surface area (Å²) >= 11 is 6.62. The Bertz CT molecular complexity index is 1260. The number of hydrogen-bond donors (Lipinski definition) is 0. The first-order valence-corrected chi connectivity index (χ1v) is 16.6. The first kappa shape index (κ1) is 26.4. The van der Waals surface area contributed by atoms with E-state index in [1.54, 1.807) is 0 Å². The molecule has 1 heterocycles. The van der Waals surface area contributed by atoms with Gasteiger partial charge in [0.2, 0.25) is 0 Å². The molecule has 1 aromatic heterocycles. The highest BCUT2D eigenvalue weighted by atomic mass is 35.5. The molecule has 2 aromatic carbocycles. The van der Waals surface area contributed by atoms with Crippen LogP contribution in [0.4, 0.5) is 0 Å². The molecule has 0 saturated heterocycles. The van der Waals surface area contributed by atoms with Crippen molar-refractivity contribution in [2.24, 2.45) is 0 Å². The van der Waals surface area contributed by atoms with Crippen LogP contribution in [0.2, 0.25) is 23.2 Å². The maximum Gasteiger partial charge on any atom is 0.192 e. The van der Waals surface area contributed by atoms with Crippen molar-refractivity contribution in [3.63, 3.8) is 0 Å². The number of rotatable bonds is 10. The molecule has 4 nitrogen and oxygen atoms in total. The van der Waals surface area contributed by atoms with Crippen LogP contribution in [0, 0.1) is 0 Å². The maximum atomic E-state index is 6.65. The van der Waals surface area contributed by atoms with Crippen molar-refractivity contribution in [3.05, 3.63) is 82.6 Å². The van der Waals surface area contributed by atoms with Crippen LogP contribution in [0.1, 0.15) is 63.1 Å². The van der Waals surface area contributed by atoms with E-state index in [-0.39, 0.29) is 10.6 Å². The van der Waals surface area contributed by atoms with Crippen LogP contribution in [-0.4, -0.2) is 19.4 Å². The minimum absolute atomic E-state index is 0.174. The van der Waals surface area contributed by atoms with E-state index >= 15 is 0 Å². The second-order valence-electron chi connectivity index (χ2n) is 12.0. The van der Waals surface area contributed by atoms with Gasteiger partial charge in [0, 0.05) is 28.5 Å². The molecule has 196 valence electrons. The minimum atomic E-state index is -1.83. The summed E-state index contributed by atoms with van der Waals surface area (Å²) in [5.41, 5.74) is 5.12. The minimum Gasteiger partial charge on any atom is -0.490 e. The molecule has 0 bridgehead atoms. The van der Waals surface area contributed by atoms with Gasteiger partial charge in [0.15, 0.2) is 8.32 Å². The molecule has 3 aromatic rings. The molecular formula is C31H38ClNO3Si. The fourth-order valence-corrected chi connectivity index (χ4v) is 5.41. The lowest BCUT2D eigenvalue weighted by atomic mass is 9.96. The molecule has 0 amide bonds. The van der Waals surface area contributed by atoms with E-state index in [1.165, 1.54) is 0 Å². The highest BCUT2D eigenvalue weighted by Crippen LogP contribution is 2.53. The van der Waals surface area contributed by atoms with Crippen LogP contribution in [0.3, 0.4) is 0 Å². The van der Waals surface area contributed by atoms with Crippen LogP contribution in [0.15, 0.2) is 60.9 Å². The fraction of sp³-hybridized carbons (Fsp3) is 0.452. The summed E-state index contributed by atoms with van der Waals surface area (Å²) in [7, 11) is -1.83. The SMILES string of the molecule is CC(C)(C)[Si](C)(C)OCc1ccc(Cl)c(COC2(c3cnccc3-c3ccccc3OC3CC3)CC2)c1. The molecule has 2 saturated carbocycles. The zero-order valence-corrected chi connectivity index (χ0v) is 24.4. The lowest BCUT2D eigenvalue weighted by Gasteiger charge is -2.36. The van der Waals surface area contributed by atoms with Gasteiger partial charge < -0.3 is 13.9 Å². The van der Waals surface area contributed by atoms with E-state index in [0.29, 0.717) is 19.3 Å². The smallest absolute Gasteiger partial charge is 0.192 e. The molecule has 5 rings (SSSR count). The monoisotopic (exact) mass is 535 g/mol. The van der Waals surface area contributed by atoms with Gasteiger partial charge in [-0.15, -0.1) is 0 Å². The third-order valence-corrected chi connectivity index (χ3v) is 12.9. The third-order valence-electron chi connectivity index (χ3n) is 8.03. The van der Waals surface area contributed by atoms with Gasteiger partial charge in [-0.3, -0.25) is 4.98 Å². The first-order valence-electron chi connectivity index (χ1n) is 13.3. The zero-order chi connectivity index (χ0) is 26.3. The maximum absolute atomic E-state index is 6.65. The van der Waals surface area contributed by atoms with Crippen LogP contribution < -0.4 is 4.74 Å². The fourth-order valence-electron chi connectivity index (χ4n) is 4.28. The lowest BCUT2D eigenvalue weighted by Crippen LogP contribution is -2.40. The Kier molecular flexibility index (Phi) is 7.27. The molecular weight excluding hydrogens is 498 g/mol. The van der Waals surface area contributed by atoms with Crippen molar-refractivity contribution in [2.75, 3.05) is 0 Å². The number of nitrogens with zero attached hydrogens (tertiary/aromatic N) is 1. The number of ether oxygens (including phenoxy) is 2. The van der Waals surface area contributed by atoms with Crippen LogP contribution in [0.25, 0.3) is 11.1 Å². The Morgan fingerprint density at radius 1 is 1.00 bits per heavy atom. The van der Waals surface area contributed by atoms with E-state index < -0.39 is 8.32 Å². The largest absolute Gasteiger partial charge is 0.490 e. The summed E-state index contributed by atoms with van der Waals surface area (Å²) < 4.78 is 19.3. The number of aromatic nitrogens is 1. The summed E-state index contributed by atoms with van der Waals surface area (Å²) in [5, 5.41) is 0.898. The van der Waals surface area contributed by atoms with Gasteiger partial charge in [0.1, 0.15) is 5.75 Å². The van der Waals surface area contributed by atoms with Crippen LogP contribution in [-0.2, 0) is 28.0 Å². The summed E-state index contributed by atoms with van der Waals surface area (Å²) in [4.78, 5) is 4.47. The average Bonchev–Trinajstić information content (AvgIpc) is 3.80. The standard InChI is InChI=1S/C31H38ClNO3Si/c1-30(2,3)37(4,5)35-20-22-10-13-28(32)23(18-22)21-34-31(15-16-31)27-19-33-17-14-25(27)26-8-6-7-9-29(26)36-24-11-12-24/h6-10,13-14,17-19,24H,11-12,15-16,20-21H2,1-5H3. The van der Waals surface area contributed by atoms with Crippen molar-refractivity contribution in [3.8, 4) is 16.9 Å². The van der Waals surface area contributed by atoms with Crippen molar-refractivity contribution >= 4 is 19.9 Å². The van der Waals surface area contributed by atoms with Gasteiger partial charge in [-0.1, -0.05) is 56.6 Å². The average molecular weight is 536 g/mol.